The Kier molecular flexibility index (Phi) is 4.49. The minimum absolute atomic E-state index is 0.379. The molecule has 0 aliphatic heterocycles. The smallest absolute Gasteiger partial charge is 0.152 e. The normalized spacial score (nSPS) is 10.4. The van der Waals surface area contributed by atoms with Gasteiger partial charge in [0.25, 0.3) is 0 Å². The van der Waals surface area contributed by atoms with Crippen molar-refractivity contribution in [1.29, 1.82) is 0 Å². The molecule has 19 heavy (non-hydrogen) atoms. The van der Waals surface area contributed by atoms with Gasteiger partial charge in [-0.05, 0) is 41.1 Å². The molecule has 0 amide bonds. The van der Waals surface area contributed by atoms with Crippen LogP contribution in [0.2, 0.25) is 0 Å². The van der Waals surface area contributed by atoms with E-state index in [0.29, 0.717) is 11.5 Å². The summed E-state index contributed by atoms with van der Waals surface area (Å²) in [5, 5.41) is 11.2. The second-order valence-corrected chi connectivity index (χ2v) is 5.24. The first-order valence-electron chi connectivity index (χ1n) is 5.81. The fourth-order valence-corrected chi connectivity index (χ4v) is 2.59. The Bertz CT molecular complexity index is 596. The highest BCUT2D eigenvalue weighted by Gasteiger charge is 2.05. The highest BCUT2D eigenvalue weighted by Crippen LogP contribution is 2.21. The number of nitrogens with one attached hydrogen (secondary N) is 1. The largest absolute Gasteiger partial charge is 0.389 e. The van der Waals surface area contributed by atoms with E-state index >= 15 is 0 Å². The minimum Gasteiger partial charge on any atom is -0.389 e. The van der Waals surface area contributed by atoms with Gasteiger partial charge in [-0.15, -0.1) is 10.2 Å². The lowest BCUT2D eigenvalue weighted by atomic mass is 10.2. The van der Waals surface area contributed by atoms with E-state index in [9.17, 15) is 0 Å². The number of hydrogen-bond donors (Lipinski definition) is 2. The number of hydrogen-bond acceptors (Lipinski definition) is 4. The molecule has 0 aliphatic carbocycles. The standard InChI is InChI=1S/C12H14BrN5S/c1-2-18-7-16-17-11(18)6-15-8-3-4-9(12(14)19)10(13)5-8/h3-5,7,15H,2,6H2,1H3,(H2,14,19). The van der Waals surface area contributed by atoms with Crippen LogP contribution < -0.4 is 11.1 Å². The van der Waals surface area contributed by atoms with Crippen LogP contribution >= 0.6 is 28.1 Å². The Balaban J connectivity index is 2.08. The predicted molar refractivity (Wildman–Crippen MR) is 83.1 cm³/mol. The number of anilines is 1. The zero-order chi connectivity index (χ0) is 13.8. The molecule has 2 rings (SSSR count). The summed E-state index contributed by atoms with van der Waals surface area (Å²) >= 11 is 8.41. The highest BCUT2D eigenvalue weighted by molar-refractivity contribution is 9.10. The summed E-state index contributed by atoms with van der Waals surface area (Å²) in [6, 6.07) is 5.77. The van der Waals surface area contributed by atoms with E-state index in [0.717, 1.165) is 28.1 Å². The van der Waals surface area contributed by atoms with E-state index < -0.39 is 0 Å². The fourth-order valence-electron chi connectivity index (χ4n) is 1.69. The van der Waals surface area contributed by atoms with Gasteiger partial charge in [-0.3, -0.25) is 0 Å². The van der Waals surface area contributed by atoms with Gasteiger partial charge in [-0.1, -0.05) is 12.2 Å². The Labute approximate surface area is 125 Å². The van der Waals surface area contributed by atoms with Crippen molar-refractivity contribution in [3.8, 4) is 0 Å². The molecular weight excluding hydrogens is 326 g/mol. The summed E-state index contributed by atoms with van der Waals surface area (Å²) in [6.45, 7) is 3.53. The van der Waals surface area contributed by atoms with Gasteiger partial charge in [-0.2, -0.15) is 0 Å². The van der Waals surface area contributed by atoms with Crippen LogP contribution in [0.25, 0.3) is 0 Å². The lowest BCUT2D eigenvalue weighted by Crippen LogP contribution is -2.11. The van der Waals surface area contributed by atoms with Crippen LogP contribution in [0.3, 0.4) is 0 Å². The lowest BCUT2D eigenvalue weighted by molar-refractivity contribution is 0.708. The van der Waals surface area contributed by atoms with Gasteiger partial charge < -0.3 is 15.6 Å². The molecule has 2 aromatic rings. The van der Waals surface area contributed by atoms with E-state index in [-0.39, 0.29) is 0 Å². The highest BCUT2D eigenvalue weighted by atomic mass is 79.9. The van der Waals surface area contributed by atoms with E-state index in [1.54, 1.807) is 6.33 Å². The molecule has 1 heterocycles. The van der Waals surface area contributed by atoms with Crippen molar-refractivity contribution >= 4 is 38.8 Å². The number of rotatable bonds is 5. The molecule has 7 heteroatoms. The average Bonchev–Trinajstić information content (AvgIpc) is 2.83. The van der Waals surface area contributed by atoms with Crippen molar-refractivity contribution in [2.75, 3.05) is 5.32 Å². The Morgan fingerprint density at radius 2 is 2.32 bits per heavy atom. The molecule has 0 aliphatic rings. The van der Waals surface area contributed by atoms with Crippen LogP contribution in [0.4, 0.5) is 5.69 Å². The van der Waals surface area contributed by atoms with Gasteiger partial charge in [0.2, 0.25) is 0 Å². The van der Waals surface area contributed by atoms with Crippen molar-refractivity contribution in [3.05, 3.63) is 40.4 Å². The second kappa shape index (κ2) is 6.12. The topological polar surface area (TPSA) is 68.8 Å². The Morgan fingerprint density at radius 3 is 2.95 bits per heavy atom. The fraction of sp³-hybridized carbons (Fsp3) is 0.250. The maximum absolute atomic E-state index is 5.61. The monoisotopic (exact) mass is 339 g/mol. The number of thiocarbonyl (C=S) groups is 1. The molecule has 0 fully saturated rings. The first kappa shape index (κ1) is 14.0. The number of nitrogens with two attached hydrogens (primary N) is 1. The van der Waals surface area contributed by atoms with Crippen LogP contribution in [0, 0.1) is 0 Å². The number of aryl methyl sites for hydroxylation is 1. The van der Waals surface area contributed by atoms with Gasteiger partial charge in [0.05, 0.1) is 6.54 Å². The summed E-state index contributed by atoms with van der Waals surface area (Å²) in [7, 11) is 0. The third-order valence-electron chi connectivity index (χ3n) is 2.72. The van der Waals surface area contributed by atoms with Gasteiger partial charge in [0, 0.05) is 22.3 Å². The van der Waals surface area contributed by atoms with Crippen LogP contribution in [0.15, 0.2) is 29.0 Å². The van der Waals surface area contributed by atoms with Crippen molar-refractivity contribution in [1.82, 2.24) is 14.8 Å². The third-order valence-corrected chi connectivity index (χ3v) is 3.60. The molecule has 1 aromatic heterocycles. The molecule has 3 N–H and O–H groups in total. The third kappa shape index (κ3) is 3.30. The van der Waals surface area contributed by atoms with E-state index in [1.165, 1.54) is 0 Å². The molecular formula is C12H14BrN5S. The van der Waals surface area contributed by atoms with Crippen molar-refractivity contribution < 1.29 is 0 Å². The van der Waals surface area contributed by atoms with Crippen LogP contribution in [0.5, 0.6) is 0 Å². The summed E-state index contributed by atoms with van der Waals surface area (Å²) < 4.78 is 2.87. The zero-order valence-corrected chi connectivity index (χ0v) is 12.8. The molecule has 0 saturated heterocycles. The quantitative estimate of drug-likeness (QED) is 0.818. The summed E-state index contributed by atoms with van der Waals surface area (Å²) in [6.07, 6.45) is 1.73. The molecule has 0 saturated carbocycles. The maximum atomic E-state index is 5.61. The van der Waals surface area contributed by atoms with Gasteiger partial charge in [0.15, 0.2) is 5.82 Å². The first-order chi connectivity index (χ1) is 9.11. The molecule has 0 bridgehead atoms. The minimum atomic E-state index is 0.379. The summed E-state index contributed by atoms with van der Waals surface area (Å²) in [4.78, 5) is 0.379. The van der Waals surface area contributed by atoms with Gasteiger partial charge in [0.1, 0.15) is 11.3 Å². The Morgan fingerprint density at radius 1 is 1.53 bits per heavy atom. The van der Waals surface area contributed by atoms with Crippen LogP contribution in [0.1, 0.15) is 18.3 Å². The molecule has 0 spiro atoms. The predicted octanol–water partition coefficient (Wildman–Crippen LogP) is 2.31. The number of benzene rings is 1. The van der Waals surface area contributed by atoms with Gasteiger partial charge >= 0.3 is 0 Å². The maximum Gasteiger partial charge on any atom is 0.152 e. The second-order valence-electron chi connectivity index (χ2n) is 3.95. The number of halogens is 1. The van der Waals surface area contributed by atoms with E-state index in [4.69, 9.17) is 18.0 Å². The summed E-state index contributed by atoms with van der Waals surface area (Å²) in [5.41, 5.74) is 7.41. The van der Waals surface area contributed by atoms with Crippen LogP contribution in [-0.4, -0.2) is 19.8 Å². The lowest BCUT2D eigenvalue weighted by Gasteiger charge is -2.09. The average molecular weight is 340 g/mol. The molecule has 0 atom stereocenters. The van der Waals surface area contributed by atoms with Crippen LogP contribution in [-0.2, 0) is 13.1 Å². The molecule has 1 aromatic carbocycles. The van der Waals surface area contributed by atoms with Gasteiger partial charge in [-0.25, -0.2) is 0 Å². The van der Waals surface area contributed by atoms with Crippen molar-refractivity contribution in [2.45, 2.75) is 20.0 Å². The molecule has 0 radical (unpaired) electrons. The zero-order valence-electron chi connectivity index (χ0n) is 10.4. The molecule has 100 valence electrons. The SMILES string of the molecule is CCn1cnnc1CNc1ccc(C(N)=S)c(Br)c1. The van der Waals surface area contributed by atoms with Crippen molar-refractivity contribution in [2.24, 2.45) is 5.73 Å². The van der Waals surface area contributed by atoms with E-state index in [1.807, 2.05) is 22.8 Å². The van der Waals surface area contributed by atoms with Crippen molar-refractivity contribution in [3.63, 3.8) is 0 Å². The Hall–Kier alpha value is -1.47. The van der Waals surface area contributed by atoms with E-state index in [2.05, 4.69) is 38.4 Å². The number of nitrogens with zero attached hydrogens (tertiary/aromatic N) is 3. The summed E-state index contributed by atoms with van der Waals surface area (Å²) in [5.74, 6) is 0.900. The first-order valence-corrected chi connectivity index (χ1v) is 7.02. The number of aromatic nitrogens is 3. The molecule has 0 unspecified atom stereocenters. The molecule has 5 nitrogen and oxygen atoms in total.